The molecule has 3 spiro atoms. The first-order valence-electron chi connectivity index (χ1n) is 45.4. The van der Waals surface area contributed by atoms with E-state index in [9.17, 15) is 57.5 Å². The van der Waals surface area contributed by atoms with E-state index in [0.29, 0.717) is 90.9 Å². The van der Waals surface area contributed by atoms with Gasteiger partial charge in [0.05, 0.1) is 50.8 Å². The number of Topliss-reactive ketones (excluding diaryl/α,β-unsaturated/α-hetero) is 1. The number of nitrogens with one attached hydrogen (secondary N) is 1. The Balaban J connectivity index is 0.000000157. The van der Waals surface area contributed by atoms with E-state index >= 15 is 0 Å². The number of hydrogen-bond donors (Lipinski definition) is 2. The number of nitrogens with zero attached hydrogens (tertiary/aromatic N) is 9. The molecule has 0 bridgehead atoms. The highest BCUT2D eigenvalue weighted by Crippen LogP contribution is 2.51. The van der Waals surface area contributed by atoms with Crippen LogP contribution in [-0.4, -0.2) is 228 Å². The number of carbonyl (C=O) groups is 12. The molecule has 7 aromatic carbocycles. The quantitative estimate of drug-likeness (QED) is 0.0849. The first kappa shape index (κ1) is 103. The van der Waals surface area contributed by atoms with Crippen molar-refractivity contribution in [3.05, 3.63) is 212 Å². The van der Waals surface area contributed by atoms with Gasteiger partial charge < -0.3 is 82.9 Å². The number of carbonyl (C=O) groups excluding carboxylic acids is 11. The van der Waals surface area contributed by atoms with Crippen molar-refractivity contribution in [2.45, 2.75) is 183 Å². The van der Waals surface area contributed by atoms with Crippen LogP contribution in [0.4, 0.5) is 41.9 Å². The van der Waals surface area contributed by atoms with Crippen molar-refractivity contribution >= 4 is 126 Å². The fourth-order valence-corrected chi connectivity index (χ4v) is 17.8. The Morgan fingerprint density at radius 1 is 0.433 bits per heavy atom. The molecule has 134 heavy (non-hydrogen) atoms. The summed E-state index contributed by atoms with van der Waals surface area (Å²) >= 11 is 7.01. The number of ether oxygens (including phenoxy) is 6. The number of likely N-dealkylation sites (tertiary alicyclic amines) is 6. The van der Waals surface area contributed by atoms with E-state index < -0.39 is 56.6 Å². The number of para-hydroxylation sites is 4. The summed E-state index contributed by atoms with van der Waals surface area (Å²) in [6, 6.07) is 54.4. The number of halogens is 2. The second kappa shape index (κ2) is 42.0. The van der Waals surface area contributed by atoms with Gasteiger partial charge in [-0.2, -0.15) is 0 Å². The van der Waals surface area contributed by atoms with Crippen LogP contribution in [0.15, 0.2) is 179 Å². The van der Waals surface area contributed by atoms with E-state index in [1.807, 2.05) is 275 Å². The molecule has 29 nitrogen and oxygen atoms in total. The average Bonchev–Trinajstić information content (AvgIpc) is 1.55. The van der Waals surface area contributed by atoms with Crippen molar-refractivity contribution < 1.29 is 91.1 Å². The SMILES string of the molecule is CC(C)(C)OC(=O)N1CC(C(=O)Cc2ccccc2Br)C1.CC(C)(C)OC(=O)N1CC(C(=O)O)C1.CC(C)C(=O)N1CC2(C1)C(=O)Nc1ccccc12.CC(C)CN1C(=O)C2(CN(C(=O)C(C)C)C2)c2ccccc21.COc1ccc(CN(C(=O)C2CN(C(=O)OC(C)(C)C)C2)c2ccccc2Br)cc1.COc1ccc(CN2C(=O)C3(CN(C(=O)OC(C)(C)C)C3)c3ccccc32)cc1. The summed E-state index contributed by atoms with van der Waals surface area (Å²) in [5.41, 5.74) is 5.91. The van der Waals surface area contributed by atoms with Gasteiger partial charge in [-0.3, -0.25) is 38.4 Å². The van der Waals surface area contributed by atoms with Crippen LogP contribution < -0.4 is 29.5 Å². The lowest BCUT2D eigenvalue weighted by Gasteiger charge is -2.47. The number of carboxylic acids is 1. The standard InChI is InChI=1S/C23H27BrN2O4.C23H26N2O4.C18H24N2O2.C16H20BrNO3.C14H16N2O2.C9H15NO4/c1-23(2,3)30-22(28)25-14-17(15-25)21(27)26(20-8-6-5-7-19(20)24)13-16-9-11-18(29-4)12-10-16;1-22(2,3)29-21(27)24-14-23(15-24)18-7-5-6-8-19(18)25(20(23)26)13-16-9-11-17(28-4)12-10-16;1-12(2)9-20-15-8-6-5-7-14(15)18(17(20)22)10-19(11-18)16(21)13(3)4;1-16(2,3)21-15(20)18-9-12(10-18)14(19)8-11-6-4-5-7-13(11)17;1-9(2)12(17)16-7-14(8-16)10-5-3-4-6-11(10)15-13(14)18;1-9(2,3)14-8(13)10-4-6(5-10)7(11)12/h5-12,17H,13-15H2,1-4H3;5-12H,13-15H2,1-4H3;5-8,12-13H,9-11H2,1-4H3;4-7,12H,8-10H2,1-3H3;3-6,9H,7-8H2,1-2H3,(H,15,18);6H,4-5H2,1-3H3,(H,11,12). The maximum Gasteiger partial charge on any atom is 0.410 e. The molecule has 0 aliphatic carbocycles. The highest BCUT2D eigenvalue weighted by molar-refractivity contribution is 9.11. The van der Waals surface area contributed by atoms with E-state index in [1.54, 1.807) is 59.5 Å². The normalized spacial score (nSPS) is 16.9. The first-order chi connectivity index (χ1) is 62.9. The molecule has 0 aromatic heterocycles. The minimum atomic E-state index is -0.857. The zero-order valence-corrected chi connectivity index (χ0v) is 83.7. The molecule has 2 N–H and O–H groups in total. The number of anilines is 4. The van der Waals surface area contributed by atoms with Gasteiger partial charge >= 0.3 is 30.3 Å². The molecule has 6 fully saturated rings. The lowest BCUT2D eigenvalue weighted by molar-refractivity contribution is -0.148. The lowest BCUT2D eigenvalue weighted by Crippen LogP contribution is -2.66. The summed E-state index contributed by atoms with van der Waals surface area (Å²) in [6.45, 7) is 40.2. The number of aliphatic carboxylic acids is 1. The third-order valence-corrected chi connectivity index (χ3v) is 25.4. The third kappa shape index (κ3) is 24.3. The summed E-state index contributed by atoms with van der Waals surface area (Å²) in [5.74, 6) is 0.949. The summed E-state index contributed by atoms with van der Waals surface area (Å²) < 4.78 is 33.4. The van der Waals surface area contributed by atoms with E-state index in [4.69, 9.17) is 33.5 Å². The van der Waals surface area contributed by atoms with Gasteiger partial charge in [0.15, 0.2) is 0 Å². The van der Waals surface area contributed by atoms with Crippen LogP contribution in [-0.2, 0) is 93.1 Å². The van der Waals surface area contributed by atoms with Crippen LogP contribution in [0.25, 0.3) is 0 Å². The maximum atomic E-state index is 13.5. The van der Waals surface area contributed by atoms with Gasteiger partial charge in [-0.25, -0.2) is 19.2 Å². The summed E-state index contributed by atoms with van der Waals surface area (Å²) in [4.78, 5) is 162. The van der Waals surface area contributed by atoms with Gasteiger partial charge in [-0.05, 0) is 199 Å². The lowest BCUT2D eigenvalue weighted by atomic mass is 9.74. The van der Waals surface area contributed by atoms with Crippen molar-refractivity contribution in [2.75, 3.05) is 119 Å². The predicted molar refractivity (Wildman–Crippen MR) is 518 cm³/mol. The average molecular weight is 1970 g/mol. The molecule has 7 aromatic rings. The number of methoxy groups -OCH3 is 2. The van der Waals surface area contributed by atoms with Crippen LogP contribution in [0.5, 0.6) is 11.5 Å². The number of ketones is 1. The van der Waals surface area contributed by atoms with E-state index in [1.165, 1.54) is 4.90 Å². The molecule has 0 unspecified atom stereocenters. The van der Waals surface area contributed by atoms with Crippen molar-refractivity contribution in [3.63, 3.8) is 0 Å². The Labute approximate surface area is 803 Å². The Morgan fingerprint density at radius 3 is 1.24 bits per heavy atom. The molecule has 31 heteroatoms. The second-order valence-electron chi connectivity index (χ2n) is 40.4. The fourth-order valence-electron chi connectivity index (χ4n) is 16.9. The Hall–Kier alpha value is -11.9. The summed E-state index contributed by atoms with van der Waals surface area (Å²) in [7, 11) is 3.25. The largest absolute Gasteiger partial charge is 0.497 e. The molecule has 16 rings (SSSR count). The molecule has 0 atom stereocenters. The number of carboxylic acid groups (broad SMARTS) is 1. The molecule has 6 saturated heterocycles. The number of rotatable bonds is 16. The van der Waals surface area contributed by atoms with Crippen LogP contribution in [0.2, 0.25) is 0 Å². The second-order valence-corrected chi connectivity index (χ2v) is 42.1. The van der Waals surface area contributed by atoms with Crippen LogP contribution in [0.1, 0.15) is 158 Å². The molecule has 9 aliphatic heterocycles. The van der Waals surface area contributed by atoms with E-state index in [0.717, 1.165) is 83.1 Å². The molecule has 9 heterocycles. The zero-order valence-electron chi connectivity index (χ0n) is 80.5. The van der Waals surface area contributed by atoms with Gasteiger partial charge in [0.2, 0.25) is 35.4 Å². The molecule has 9 aliphatic rings. The van der Waals surface area contributed by atoms with Crippen molar-refractivity contribution in [1.82, 2.24) is 29.4 Å². The Bertz CT molecular complexity index is 5470. The predicted octanol–water partition coefficient (Wildman–Crippen LogP) is 16.8. The summed E-state index contributed by atoms with van der Waals surface area (Å²) in [6.07, 6.45) is -1.13. The Morgan fingerprint density at radius 2 is 0.806 bits per heavy atom. The smallest absolute Gasteiger partial charge is 0.410 e. The van der Waals surface area contributed by atoms with Crippen molar-refractivity contribution in [1.29, 1.82) is 0 Å². The highest BCUT2D eigenvalue weighted by Gasteiger charge is 2.62. The van der Waals surface area contributed by atoms with Crippen LogP contribution in [0, 0.1) is 35.5 Å². The van der Waals surface area contributed by atoms with Crippen LogP contribution >= 0.6 is 31.9 Å². The zero-order chi connectivity index (χ0) is 98.2. The molecule has 0 saturated carbocycles. The monoisotopic (exact) mass is 1970 g/mol. The molecular weight excluding hydrogens is 1840 g/mol. The van der Waals surface area contributed by atoms with Gasteiger partial charge in [0, 0.05) is 129 Å². The van der Waals surface area contributed by atoms with Gasteiger partial charge in [-0.1, -0.05) is 167 Å². The van der Waals surface area contributed by atoms with Gasteiger partial charge in [-0.15, -0.1) is 0 Å². The molecular formula is C103H128Br2N10O19. The maximum absolute atomic E-state index is 13.5. The number of amides is 10. The first-order valence-corrected chi connectivity index (χ1v) is 47.0. The molecule has 0 radical (unpaired) electrons. The van der Waals surface area contributed by atoms with Gasteiger partial charge in [0.25, 0.3) is 0 Å². The fraction of sp³-hybridized carbons (Fsp3) is 0.476. The van der Waals surface area contributed by atoms with E-state index in [-0.39, 0.29) is 96.3 Å². The topological polar surface area (TPSA) is 322 Å². The van der Waals surface area contributed by atoms with E-state index in [2.05, 4.69) is 51.0 Å². The van der Waals surface area contributed by atoms with Crippen LogP contribution in [0.3, 0.4) is 0 Å². The van der Waals surface area contributed by atoms with Gasteiger partial charge in [0.1, 0.15) is 55.9 Å². The molecule has 10 amide bonds. The number of benzene rings is 7. The van der Waals surface area contributed by atoms with Crippen molar-refractivity contribution in [2.24, 2.45) is 35.5 Å². The number of fused-ring (bicyclic) bond motifs is 6. The summed E-state index contributed by atoms with van der Waals surface area (Å²) in [5, 5.41) is 11.5. The number of hydrogen-bond acceptors (Lipinski definition) is 18. The highest BCUT2D eigenvalue weighted by atomic mass is 79.9. The molecule has 718 valence electrons. The minimum Gasteiger partial charge on any atom is -0.497 e. The Kier molecular flexibility index (Phi) is 32.1. The van der Waals surface area contributed by atoms with Crippen molar-refractivity contribution in [3.8, 4) is 11.5 Å². The minimum absolute atomic E-state index is 0.0120. The third-order valence-electron chi connectivity index (χ3n) is 23.9.